The Labute approximate surface area is 227 Å². The molecule has 0 spiro atoms. The number of nitrogens with zero attached hydrogens (tertiary/aromatic N) is 3. The van der Waals surface area contributed by atoms with E-state index in [-0.39, 0.29) is 36.9 Å². The minimum Gasteiger partial charge on any atom is -0.382 e. The second kappa shape index (κ2) is 12.2. The fourth-order valence-corrected chi connectivity index (χ4v) is 4.99. The highest BCUT2D eigenvalue weighted by molar-refractivity contribution is 6.00. The topological polar surface area (TPSA) is 139 Å². The van der Waals surface area contributed by atoms with Crippen LogP contribution in [0, 0.1) is 12.8 Å². The molecular formula is C25H30F4N6O5. The van der Waals surface area contributed by atoms with Crippen LogP contribution in [0.15, 0.2) is 29.1 Å². The van der Waals surface area contributed by atoms with Gasteiger partial charge in [-0.2, -0.15) is 13.2 Å². The van der Waals surface area contributed by atoms with Gasteiger partial charge in [0.2, 0.25) is 5.91 Å². The van der Waals surface area contributed by atoms with Crippen LogP contribution in [-0.4, -0.2) is 77.6 Å². The molecule has 2 aliphatic rings. The van der Waals surface area contributed by atoms with Gasteiger partial charge in [0.1, 0.15) is 30.3 Å². The predicted octanol–water partition coefficient (Wildman–Crippen LogP) is 3.29. The fraction of sp³-hybridized carbons (Fsp3) is 0.560. The molecule has 218 valence electrons. The van der Waals surface area contributed by atoms with Crippen molar-refractivity contribution in [2.75, 3.05) is 25.6 Å². The molecule has 11 nitrogen and oxygen atoms in total. The molecule has 3 N–H and O–H groups in total. The van der Waals surface area contributed by atoms with Gasteiger partial charge >= 0.3 is 12.2 Å². The number of rotatable bonds is 9. The van der Waals surface area contributed by atoms with Gasteiger partial charge in [0, 0.05) is 18.9 Å². The maximum atomic E-state index is 13.8. The molecule has 1 unspecified atom stereocenters. The average Bonchev–Trinajstić information content (AvgIpc) is 3.52. The molecule has 4 amide bonds. The number of carbonyl (C=O) groups is 3. The first kappa shape index (κ1) is 29.2. The Balaban J connectivity index is 1.53. The van der Waals surface area contributed by atoms with Crippen LogP contribution >= 0.6 is 0 Å². The van der Waals surface area contributed by atoms with Gasteiger partial charge in [0.25, 0.3) is 5.91 Å². The Morgan fingerprint density at radius 2 is 2.00 bits per heavy atom. The zero-order valence-electron chi connectivity index (χ0n) is 21.8. The van der Waals surface area contributed by atoms with Gasteiger partial charge in [0.15, 0.2) is 5.69 Å². The Morgan fingerprint density at radius 3 is 2.60 bits per heavy atom. The van der Waals surface area contributed by atoms with E-state index in [9.17, 15) is 31.9 Å². The van der Waals surface area contributed by atoms with Crippen molar-refractivity contribution >= 4 is 23.7 Å². The summed E-state index contributed by atoms with van der Waals surface area (Å²) >= 11 is 0. The molecule has 0 radical (unpaired) electrons. The molecule has 4 rings (SSSR count). The summed E-state index contributed by atoms with van der Waals surface area (Å²) in [5, 5.41) is 10.9. The van der Waals surface area contributed by atoms with Gasteiger partial charge < -0.3 is 30.1 Å². The number of nitrogens with one attached hydrogen (secondary N) is 3. The van der Waals surface area contributed by atoms with Crippen LogP contribution in [0.5, 0.6) is 0 Å². The molecule has 1 aliphatic carbocycles. The number of aryl methyl sites for hydroxylation is 1. The summed E-state index contributed by atoms with van der Waals surface area (Å²) in [6.45, 7) is 0.892. The lowest BCUT2D eigenvalue weighted by Gasteiger charge is -2.31. The number of hydrogen-bond donors (Lipinski definition) is 3. The lowest BCUT2D eigenvalue weighted by Crippen LogP contribution is -2.49. The number of hydrogen-bond acceptors (Lipinski definition) is 7. The third-order valence-corrected chi connectivity index (χ3v) is 7.16. The number of pyridine rings is 1. The minimum absolute atomic E-state index is 0.0144. The lowest BCUT2D eigenvalue weighted by atomic mass is 9.82. The third-order valence-electron chi connectivity index (χ3n) is 7.16. The Morgan fingerprint density at radius 1 is 1.27 bits per heavy atom. The number of alkyl halides is 4. The summed E-state index contributed by atoms with van der Waals surface area (Å²) in [6, 6.07) is -1.95. The van der Waals surface area contributed by atoms with E-state index in [1.54, 1.807) is 6.92 Å². The molecule has 0 bridgehead atoms. The molecule has 0 aromatic carbocycles. The summed E-state index contributed by atoms with van der Waals surface area (Å²) < 4.78 is 63.5. The van der Waals surface area contributed by atoms with Crippen molar-refractivity contribution in [1.82, 2.24) is 25.7 Å². The SMILES string of the molecule is COC[C@H](c1ccnc(NC(=O)C(NC(=O)c2nocc2C)C2CCC(F)CC2)c1)N1C[C@@H](C(F)(F)F)NC1=O. The number of anilines is 1. The number of ether oxygens (including phenoxy) is 1. The molecule has 1 aliphatic heterocycles. The quantitative estimate of drug-likeness (QED) is 0.394. The van der Waals surface area contributed by atoms with Gasteiger partial charge in [-0.1, -0.05) is 5.16 Å². The third kappa shape index (κ3) is 6.69. The van der Waals surface area contributed by atoms with Crippen molar-refractivity contribution in [3.8, 4) is 0 Å². The van der Waals surface area contributed by atoms with Crippen LogP contribution in [-0.2, 0) is 9.53 Å². The molecule has 15 heteroatoms. The van der Waals surface area contributed by atoms with E-state index in [2.05, 4.69) is 20.8 Å². The maximum Gasteiger partial charge on any atom is 0.410 e. The molecular weight excluding hydrogens is 540 g/mol. The van der Waals surface area contributed by atoms with Gasteiger partial charge in [-0.3, -0.25) is 9.59 Å². The standard InChI is InChI=1S/C25H30F4N6O5/c1-13-11-40-34-20(13)22(36)33-21(14-3-5-16(26)6-4-14)23(37)32-19-9-15(7-8-30-19)17(12-39-2)35-10-18(25(27,28)29)31-24(35)38/h7-9,11,14,16-18,21H,3-6,10,12H2,1-2H3,(H,31,38)(H,33,36)(H,30,32,37)/t14?,16?,17-,18+,21?/m1/s1. The molecule has 2 fully saturated rings. The van der Waals surface area contributed by atoms with E-state index in [1.165, 1.54) is 31.7 Å². The molecule has 2 aromatic heterocycles. The van der Waals surface area contributed by atoms with Crippen LogP contribution in [0.2, 0.25) is 0 Å². The van der Waals surface area contributed by atoms with Gasteiger partial charge in [0.05, 0.1) is 19.2 Å². The summed E-state index contributed by atoms with van der Waals surface area (Å²) in [5.41, 5.74) is 0.865. The van der Waals surface area contributed by atoms with Crippen LogP contribution < -0.4 is 16.0 Å². The summed E-state index contributed by atoms with van der Waals surface area (Å²) in [4.78, 5) is 43.8. The van der Waals surface area contributed by atoms with Crippen molar-refractivity contribution in [3.05, 3.63) is 41.4 Å². The van der Waals surface area contributed by atoms with E-state index in [0.29, 0.717) is 24.0 Å². The monoisotopic (exact) mass is 570 g/mol. The van der Waals surface area contributed by atoms with Crippen molar-refractivity contribution in [1.29, 1.82) is 0 Å². The van der Waals surface area contributed by atoms with Gasteiger partial charge in [-0.25, -0.2) is 14.2 Å². The van der Waals surface area contributed by atoms with Crippen LogP contribution in [0.25, 0.3) is 0 Å². The highest BCUT2D eigenvalue weighted by Crippen LogP contribution is 2.32. The summed E-state index contributed by atoms with van der Waals surface area (Å²) in [5.74, 6) is -1.55. The van der Waals surface area contributed by atoms with E-state index >= 15 is 0 Å². The zero-order chi connectivity index (χ0) is 29.0. The summed E-state index contributed by atoms with van der Waals surface area (Å²) in [6.07, 6.45) is -1.75. The highest BCUT2D eigenvalue weighted by atomic mass is 19.4. The van der Waals surface area contributed by atoms with Crippen molar-refractivity contribution in [2.24, 2.45) is 5.92 Å². The minimum atomic E-state index is -4.62. The highest BCUT2D eigenvalue weighted by Gasteiger charge is 2.48. The molecule has 2 aromatic rings. The zero-order valence-corrected chi connectivity index (χ0v) is 21.8. The molecule has 3 heterocycles. The number of urea groups is 1. The largest absolute Gasteiger partial charge is 0.410 e. The van der Waals surface area contributed by atoms with E-state index in [1.807, 2.05) is 5.32 Å². The van der Waals surface area contributed by atoms with E-state index in [0.717, 1.165) is 4.90 Å². The first-order valence-electron chi connectivity index (χ1n) is 12.7. The Kier molecular flexibility index (Phi) is 8.91. The number of carbonyl (C=O) groups excluding carboxylic acids is 3. The summed E-state index contributed by atoms with van der Waals surface area (Å²) in [7, 11) is 1.35. The van der Waals surface area contributed by atoms with Gasteiger partial charge in [-0.05, 0) is 56.2 Å². The number of methoxy groups -OCH3 is 1. The smallest absolute Gasteiger partial charge is 0.382 e. The van der Waals surface area contributed by atoms with Gasteiger partial charge in [-0.15, -0.1) is 0 Å². The molecule has 3 atom stereocenters. The number of amides is 4. The van der Waals surface area contributed by atoms with E-state index in [4.69, 9.17) is 9.26 Å². The second-order valence-corrected chi connectivity index (χ2v) is 9.94. The fourth-order valence-electron chi connectivity index (χ4n) is 4.99. The first-order chi connectivity index (χ1) is 19.0. The molecule has 40 heavy (non-hydrogen) atoms. The van der Waals surface area contributed by atoms with Crippen molar-refractivity contribution in [3.63, 3.8) is 0 Å². The predicted molar refractivity (Wildman–Crippen MR) is 132 cm³/mol. The van der Waals surface area contributed by atoms with Crippen molar-refractivity contribution in [2.45, 2.75) is 63.1 Å². The average molecular weight is 571 g/mol. The molecule has 1 saturated heterocycles. The first-order valence-corrected chi connectivity index (χ1v) is 12.7. The van der Waals surface area contributed by atoms with Crippen LogP contribution in [0.3, 0.4) is 0 Å². The Hall–Kier alpha value is -3.75. The number of halogens is 4. The second-order valence-electron chi connectivity index (χ2n) is 9.94. The Bertz CT molecular complexity index is 1220. The molecule has 1 saturated carbocycles. The van der Waals surface area contributed by atoms with Crippen LogP contribution in [0.4, 0.5) is 28.2 Å². The lowest BCUT2D eigenvalue weighted by molar-refractivity contribution is -0.150. The van der Waals surface area contributed by atoms with Crippen molar-refractivity contribution < 1.29 is 41.2 Å². The maximum absolute atomic E-state index is 13.8. The number of aromatic nitrogens is 2. The van der Waals surface area contributed by atoms with Crippen LogP contribution in [0.1, 0.15) is 53.3 Å². The normalized spacial score (nSPS) is 22.9. The van der Waals surface area contributed by atoms with E-state index < -0.39 is 54.9 Å².